The van der Waals surface area contributed by atoms with E-state index in [-0.39, 0.29) is 17.8 Å². The van der Waals surface area contributed by atoms with Crippen LogP contribution >= 0.6 is 0 Å². The van der Waals surface area contributed by atoms with E-state index in [2.05, 4.69) is 0 Å². The van der Waals surface area contributed by atoms with Crippen molar-refractivity contribution in [1.29, 1.82) is 0 Å². The predicted molar refractivity (Wildman–Crippen MR) is 79.7 cm³/mol. The molecule has 21 heavy (non-hydrogen) atoms. The zero-order chi connectivity index (χ0) is 15.2. The van der Waals surface area contributed by atoms with Gasteiger partial charge in [0.25, 0.3) is 5.91 Å². The second-order valence-electron chi connectivity index (χ2n) is 5.47. The summed E-state index contributed by atoms with van der Waals surface area (Å²) in [6.45, 7) is 4.31. The van der Waals surface area contributed by atoms with Crippen molar-refractivity contribution in [1.82, 2.24) is 4.90 Å². The van der Waals surface area contributed by atoms with Crippen molar-refractivity contribution in [2.24, 2.45) is 5.73 Å². The molecule has 5 heteroatoms. The Kier molecular flexibility index (Phi) is 5.70. The Morgan fingerprint density at radius 1 is 1.43 bits per heavy atom. The summed E-state index contributed by atoms with van der Waals surface area (Å²) in [4.78, 5) is 14.1. The van der Waals surface area contributed by atoms with Crippen LogP contribution in [0.5, 0.6) is 0 Å². The first-order chi connectivity index (χ1) is 10.1. The summed E-state index contributed by atoms with van der Waals surface area (Å²) in [5.74, 6) is -0.435. The molecule has 1 amide bonds. The Hall–Kier alpha value is -1.46. The molecule has 2 rings (SSSR count). The third-order valence-electron chi connectivity index (χ3n) is 3.85. The fourth-order valence-electron chi connectivity index (χ4n) is 2.47. The summed E-state index contributed by atoms with van der Waals surface area (Å²) in [5, 5.41) is 0. The van der Waals surface area contributed by atoms with Crippen molar-refractivity contribution in [2.45, 2.75) is 32.3 Å². The van der Waals surface area contributed by atoms with Crippen molar-refractivity contribution < 1.29 is 13.9 Å². The van der Waals surface area contributed by atoms with Crippen LogP contribution in [0, 0.1) is 12.7 Å². The minimum Gasteiger partial charge on any atom is -0.378 e. The molecule has 1 aromatic carbocycles. The van der Waals surface area contributed by atoms with Crippen molar-refractivity contribution in [3.63, 3.8) is 0 Å². The number of nitrogens with two attached hydrogens (primary N) is 1. The number of piperidine rings is 1. The lowest BCUT2D eigenvalue weighted by Crippen LogP contribution is -2.41. The summed E-state index contributed by atoms with van der Waals surface area (Å²) in [7, 11) is 0. The second kappa shape index (κ2) is 7.52. The number of benzene rings is 1. The first-order valence-corrected chi connectivity index (χ1v) is 7.49. The normalized spacial score (nSPS) is 16.2. The van der Waals surface area contributed by atoms with Crippen LogP contribution in [0.25, 0.3) is 0 Å². The van der Waals surface area contributed by atoms with E-state index in [9.17, 15) is 9.18 Å². The second-order valence-corrected chi connectivity index (χ2v) is 5.47. The standard InChI is InChI=1S/C16H23FN2O2/c1-12-3-4-13(11-15(12)17)16(20)19-8-5-14(6-9-19)21-10-2-7-18/h3-4,11,14H,2,5-10,18H2,1H3. The molecule has 0 atom stereocenters. The summed E-state index contributed by atoms with van der Waals surface area (Å²) >= 11 is 0. The van der Waals surface area contributed by atoms with Gasteiger partial charge in [0.05, 0.1) is 6.10 Å². The number of hydrogen-bond donors (Lipinski definition) is 1. The average Bonchev–Trinajstić information content (AvgIpc) is 2.50. The highest BCUT2D eigenvalue weighted by Crippen LogP contribution is 2.18. The largest absolute Gasteiger partial charge is 0.378 e. The van der Waals surface area contributed by atoms with Gasteiger partial charge < -0.3 is 15.4 Å². The third-order valence-corrected chi connectivity index (χ3v) is 3.85. The molecule has 0 bridgehead atoms. The number of nitrogens with zero attached hydrogens (tertiary/aromatic N) is 1. The zero-order valence-electron chi connectivity index (χ0n) is 12.5. The smallest absolute Gasteiger partial charge is 0.253 e. The Morgan fingerprint density at radius 2 is 2.14 bits per heavy atom. The van der Waals surface area contributed by atoms with Gasteiger partial charge in [-0.05, 0) is 50.4 Å². The molecule has 1 saturated heterocycles. The van der Waals surface area contributed by atoms with Gasteiger partial charge in [0, 0.05) is 25.3 Å². The lowest BCUT2D eigenvalue weighted by Gasteiger charge is -2.32. The monoisotopic (exact) mass is 294 g/mol. The Morgan fingerprint density at radius 3 is 2.76 bits per heavy atom. The third kappa shape index (κ3) is 4.25. The minimum atomic E-state index is -0.333. The van der Waals surface area contributed by atoms with Gasteiger partial charge in [-0.25, -0.2) is 4.39 Å². The molecule has 2 N–H and O–H groups in total. The molecular weight excluding hydrogens is 271 g/mol. The van der Waals surface area contributed by atoms with Gasteiger partial charge in [-0.15, -0.1) is 0 Å². The van der Waals surface area contributed by atoms with Crippen LogP contribution in [0.3, 0.4) is 0 Å². The summed E-state index contributed by atoms with van der Waals surface area (Å²) in [5.41, 5.74) is 6.40. The van der Waals surface area contributed by atoms with Crippen LogP contribution in [-0.4, -0.2) is 43.2 Å². The van der Waals surface area contributed by atoms with E-state index in [0.29, 0.717) is 37.4 Å². The van der Waals surface area contributed by atoms with Gasteiger partial charge in [0.1, 0.15) is 5.82 Å². The molecule has 0 aromatic heterocycles. The number of halogens is 1. The van der Waals surface area contributed by atoms with E-state index in [1.165, 1.54) is 6.07 Å². The number of hydrogen-bond acceptors (Lipinski definition) is 3. The Labute approximate surface area is 125 Å². The number of carbonyl (C=O) groups is 1. The Balaban J connectivity index is 1.86. The van der Waals surface area contributed by atoms with E-state index in [1.54, 1.807) is 24.0 Å². The van der Waals surface area contributed by atoms with E-state index in [1.807, 2.05) is 0 Å². The molecule has 1 aliphatic rings. The van der Waals surface area contributed by atoms with Crippen molar-refractivity contribution >= 4 is 5.91 Å². The number of amides is 1. The van der Waals surface area contributed by atoms with Crippen molar-refractivity contribution in [2.75, 3.05) is 26.2 Å². The highest BCUT2D eigenvalue weighted by molar-refractivity contribution is 5.94. The first-order valence-electron chi connectivity index (χ1n) is 7.49. The van der Waals surface area contributed by atoms with Crippen LogP contribution in [0.1, 0.15) is 35.2 Å². The topological polar surface area (TPSA) is 55.6 Å². The van der Waals surface area contributed by atoms with Crippen LogP contribution in [0.15, 0.2) is 18.2 Å². The highest BCUT2D eigenvalue weighted by Gasteiger charge is 2.24. The molecule has 0 radical (unpaired) electrons. The summed E-state index contributed by atoms with van der Waals surface area (Å²) in [6.07, 6.45) is 2.72. The van der Waals surface area contributed by atoms with Gasteiger partial charge in [-0.1, -0.05) is 6.07 Å². The lowest BCUT2D eigenvalue weighted by atomic mass is 10.1. The van der Waals surface area contributed by atoms with Crippen LogP contribution < -0.4 is 5.73 Å². The molecule has 116 valence electrons. The van der Waals surface area contributed by atoms with E-state index >= 15 is 0 Å². The van der Waals surface area contributed by atoms with Gasteiger partial charge in [0.2, 0.25) is 0 Å². The van der Waals surface area contributed by atoms with Gasteiger partial charge in [0.15, 0.2) is 0 Å². The summed E-state index contributed by atoms with van der Waals surface area (Å²) < 4.78 is 19.3. The molecule has 0 aliphatic carbocycles. The zero-order valence-corrected chi connectivity index (χ0v) is 12.5. The predicted octanol–water partition coefficient (Wildman–Crippen LogP) is 2.10. The van der Waals surface area contributed by atoms with Crippen LogP contribution in [0.4, 0.5) is 4.39 Å². The molecule has 0 saturated carbocycles. The van der Waals surface area contributed by atoms with E-state index in [0.717, 1.165) is 19.3 Å². The van der Waals surface area contributed by atoms with Crippen molar-refractivity contribution in [3.8, 4) is 0 Å². The maximum atomic E-state index is 13.5. The minimum absolute atomic E-state index is 0.102. The number of ether oxygens (including phenoxy) is 1. The first kappa shape index (κ1) is 15.9. The van der Waals surface area contributed by atoms with E-state index in [4.69, 9.17) is 10.5 Å². The fraction of sp³-hybridized carbons (Fsp3) is 0.562. The molecule has 1 aliphatic heterocycles. The fourth-order valence-corrected chi connectivity index (χ4v) is 2.47. The lowest BCUT2D eigenvalue weighted by molar-refractivity contribution is 0.00843. The van der Waals surface area contributed by atoms with Crippen LogP contribution in [0.2, 0.25) is 0 Å². The number of rotatable bonds is 5. The highest BCUT2D eigenvalue weighted by atomic mass is 19.1. The van der Waals surface area contributed by atoms with Gasteiger partial charge in [-0.3, -0.25) is 4.79 Å². The van der Waals surface area contributed by atoms with Crippen molar-refractivity contribution in [3.05, 3.63) is 35.1 Å². The number of likely N-dealkylation sites (tertiary alicyclic amines) is 1. The maximum Gasteiger partial charge on any atom is 0.253 e. The molecular formula is C16H23FN2O2. The quantitative estimate of drug-likeness (QED) is 0.846. The molecule has 1 aromatic rings. The molecule has 0 unspecified atom stereocenters. The molecule has 1 heterocycles. The maximum absolute atomic E-state index is 13.5. The Bertz CT molecular complexity index is 485. The summed E-state index contributed by atoms with van der Waals surface area (Å²) in [6, 6.07) is 4.65. The number of carbonyl (C=O) groups excluding carboxylic acids is 1. The average molecular weight is 294 g/mol. The van der Waals surface area contributed by atoms with Crippen LogP contribution in [-0.2, 0) is 4.74 Å². The van der Waals surface area contributed by atoms with E-state index < -0.39 is 0 Å². The SMILES string of the molecule is Cc1ccc(C(=O)N2CCC(OCCCN)CC2)cc1F. The number of aryl methyl sites for hydroxylation is 1. The molecule has 1 fully saturated rings. The van der Waals surface area contributed by atoms with Gasteiger partial charge in [-0.2, -0.15) is 0 Å². The molecule has 0 spiro atoms. The molecule has 4 nitrogen and oxygen atoms in total. The van der Waals surface area contributed by atoms with Gasteiger partial charge >= 0.3 is 0 Å².